The van der Waals surface area contributed by atoms with E-state index in [0.717, 1.165) is 11.5 Å². The summed E-state index contributed by atoms with van der Waals surface area (Å²) < 4.78 is 18.5. The molecule has 27 heavy (non-hydrogen) atoms. The number of carbonyl (C=O) groups excluding carboxylic acids is 2. The van der Waals surface area contributed by atoms with Crippen LogP contribution in [0.4, 0.5) is 4.39 Å². The lowest BCUT2D eigenvalue weighted by Crippen LogP contribution is -2.51. The SMILES string of the molecule is Cc1ccc(CN(C)C(=O)CN2CCN(C(=O)c3ccc(F)cc3)CC2)o1. The van der Waals surface area contributed by atoms with Crippen LogP contribution >= 0.6 is 0 Å². The normalized spacial score (nSPS) is 15.0. The molecule has 1 fully saturated rings. The van der Waals surface area contributed by atoms with Gasteiger partial charge in [-0.3, -0.25) is 14.5 Å². The molecule has 1 aromatic heterocycles. The van der Waals surface area contributed by atoms with Gasteiger partial charge in [-0.05, 0) is 43.3 Å². The molecule has 1 aromatic carbocycles. The monoisotopic (exact) mass is 373 g/mol. The Kier molecular flexibility index (Phi) is 5.91. The molecule has 3 rings (SSSR count). The van der Waals surface area contributed by atoms with Crippen molar-refractivity contribution in [1.29, 1.82) is 0 Å². The number of likely N-dealkylation sites (N-methyl/N-ethyl adjacent to an activating group) is 1. The molecule has 0 spiro atoms. The average molecular weight is 373 g/mol. The number of carbonyl (C=O) groups is 2. The zero-order chi connectivity index (χ0) is 19.4. The molecule has 0 atom stereocenters. The summed E-state index contributed by atoms with van der Waals surface area (Å²) in [4.78, 5) is 30.3. The fourth-order valence-electron chi connectivity index (χ4n) is 3.09. The molecule has 144 valence electrons. The molecule has 7 heteroatoms. The Hall–Kier alpha value is -2.67. The Balaban J connectivity index is 1.46. The molecule has 0 bridgehead atoms. The molecule has 1 saturated heterocycles. The van der Waals surface area contributed by atoms with Gasteiger partial charge in [0, 0.05) is 38.8 Å². The average Bonchev–Trinajstić information content (AvgIpc) is 3.07. The summed E-state index contributed by atoms with van der Waals surface area (Å²) in [6, 6.07) is 9.33. The fourth-order valence-corrected chi connectivity index (χ4v) is 3.09. The van der Waals surface area contributed by atoms with E-state index < -0.39 is 0 Å². The maximum absolute atomic E-state index is 13.0. The molecule has 6 nitrogen and oxygen atoms in total. The largest absolute Gasteiger partial charge is 0.464 e. The van der Waals surface area contributed by atoms with Gasteiger partial charge in [0.15, 0.2) is 0 Å². The quantitative estimate of drug-likeness (QED) is 0.806. The first-order valence-electron chi connectivity index (χ1n) is 8.99. The predicted molar refractivity (Wildman–Crippen MR) is 98.7 cm³/mol. The molecule has 2 amide bonds. The summed E-state index contributed by atoms with van der Waals surface area (Å²) in [5.41, 5.74) is 0.481. The maximum Gasteiger partial charge on any atom is 0.253 e. The van der Waals surface area contributed by atoms with Gasteiger partial charge in [0.25, 0.3) is 5.91 Å². The first-order chi connectivity index (χ1) is 12.9. The van der Waals surface area contributed by atoms with E-state index in [1.54, 1.807) is 16.8 Å². The van der Waals surface area contributed by atoms with Gasteiger partial charge in [-0.25, -0.2) is 4.39 Å². The Morgan fingerprint density at radius 2 is 1.74 bits per heavy atom. The molecule has 1 aliphatic heterocycles. The highest BCUT2D eigenvalue weighted by atomic mass is 19.1. The van der Waals surface area contributed by atoms with Crippen molar-refractivity contribution in [3.63, 3.8) is 0 Å². The van der Waals surface area contributed by atoms with Crippen molar-refractivity contribution < 1.29 is 18.4 Å². The zero-order valence-electron chi connectivity index (χ0n) is 15.7. The van der Waals surface area contributed by atoms with Gasteiger partial charge < -0.3 is 14.2 Å². The van der Waals surface area contributed by atoms with Gasteiger partial charge in [0.2, 0.25) is 5.91 Å². The predicted octanol–water partition coefficient (Wildman–Crippen LogP) is 2.14. The molecule has 2 aromatic rings. The number of hydrogen-bond donors (Lipinski definition) is 0. The van der Waals surface area contributed by atoms with Gasteiger partial charge in [-0.15, -0.1) is 0 Å². The molecular formula is C20H24FN3O3. The molecule has 0 saturated carbocycles. The van der Waals surface area contributed by atoms with E-state index in [2.05, 4.69) is 0 Å². The lowest BCUT2D eigenvalue weighted by Gasteiger charge is -2.35. The number of furan rings is 1. The summed E-state index contributed by atoms with van der Waals surface area (Å²) in [5.74, 6) is 1.14. The zero-order valence-corrected chi connectivity index (χ0v) is 15.7. The van der Waals surface area contributed by atoms with Crippen LogP contribution in [0.25, 0.3) is 0 Å². The maximum atomic E-state index is 13.0. The Morgan fingerprint density at radius 1 is 1.07 bits per heavy atom. The van der Waals surface area contributed by atoms with Crippen LogP contribution in [-0.2, 0) is 11.3 Å². The van der Waals surface area contributed by atoms with Gasteiger partial charge in [0.1, 0.15) is 17.3 Å². The third-order valence-corrected chi connectivity index (χ3v) is 4.72. The fraction of sp³-hybridized carbons (Fsp3) is 0.400. The number of hydrogen-bond acceptors (Lipinski definition) is 4. The number of nitrogens with zero attached hydrogens (tertiary/aromatic N) is 3. The van der Waals surface area contributed by atoms with Crippen molar-refractivity contribution in [2.45, 2.75) is 13.5 Å². The minimum absolute atomic E-state index is 0.0161. The van der Waals surface area contributed by atoms with Crippen LogP contribution in [0.3, 0.4) is 0 Å². The lowest BCUT2D eigenvalue weighted by molar-refractivity contribution is -0.132. The van der Waals surface area contributed by atoms with Crippen molar-refractivity contribution in [2.24, 2.45) is 0 Å². The van der Waals surface area contributed by atoms with E-state index >= 15 is 0 Å². The molecular weight excluding hydrogens is 349 g/mol. The van der Waals surface area contributed by atoms with Crippen LogP contribution < -0.4 is 0 Å². The molecule has 0 N–H and O–H groups in total. The summed E-state index contributed by atoms with van der Waals surface area (Å²) >= 11 is 0. The number of rotatable bonds is 5. The second kappa shape index (κ2) is 8.35. The second-order valence-electron chi connectivity index (χ2n) is 6.84. The van der Waals surface area contributed by atoms with E-state index in [1.165, 1.54) is 24.3 Å². The van der Waals surface area contributed by atoms with E-state index in [9.17, 15) is 14.0 Å². The highest BCUT2D eigenvalue weighted by molar-refractivity contribution is 5.94. The van der Waals surface area contributed by atoms with E-state index in [-0.39, 0.29) is 17.6 Å². The Morgan fingerprint density at radius 3 is 2.33 bits per heavy atom. The van der Waals surface area contributed by atoms with Crippen LogP contribution in [0.5, 0.6) is 0 Å². The van der Waals surface area contributed by atoms with Crippen LogP contribution in [-0.4, -0.2) is 66.3 Å². The van der Waals surface area contributed by atoms with Crippen molar-refractivity contribution in [3.8, 4) is 0 Å². The minimum atomic E-state index is -0.358. The molecule has 2 heterocycles. The third-order valence-electron chi connectivity index (χ3n) is 4.72. The Bertz CT molecular complexity index is 795. The van der Waals surface area contributed by atoms with Crippen molar-refractivity contribution in [3.05, 3.63) is 59.3 Å². The summed E-state index contributed by atoms with van der Waals surface area (Å²) in [6.07, 6.45) is 0. The van der Waals surface area contributed by atoms with Gasteiger partial charge >= 0.3 is 0 Å². The van der Waals surface area contributed by atoms with Gasteiger partial charge in [-0.2, -0.15) is 0 Å². The highest BCUT2D eigenvalue weighted by Gasteiger charge is 2.24. The van der Waals surface area contributed by atoms with Crippen LogP contribution in [0.1, 0.15) is 21.9 Å². The van der Waals surface area contributed by atoms with Crippen molar-refractivity contribution in [2.75, 3.05) is 39.8 Å². The molecule has 0 aliphatic carbocycles. The highest BCUT2D eigenvalue weighted by Crippen LogP contribution is 2.12. The first-order valence-corrected chi connectivity index (χ1v) is 8.99. The molecule has 0 radical (unpaired) electrons. The van der Waals surface area contributed by atoms with Crippen molar-refractivity contribution >= 4 is 11.8 Å². The summed E-state index contributed by atoms with van der Waals surface area (Å²) in [6.45, 7) is 4.98. The first kappa shape index (κ1) is 19.1. The van der Waals surface area contributed by atoms with Crippen molar-refractivity contribution in [1.82, 2.24) is 14.7 Å². The molecule has 1 aliphatic rings. The second-order valence-corrected chi connectivity index (χ2v) is 6.84. The van der Waals surface area contributed by atoms with E-state index in [4.69, 9.17) is 4.42 Å². The number of amides is 2. The van der Waals surface area contributed by atoms with Crippen LogP contribution in [0.15, 0.2) is 40.8 Å². The summed E-state index contributed by atoms with van der Waals surface area (Å²) in [7, 11) is 1.76. The number of piperazine rings is 1. The standard InChI is InChI=1S/C20H24FN3O3/c1-15-3-8-18(27-15)13-22(2)19(25)14-23-9-11-24(12-10-23)20(26)16-4-6-17(21)7-5-16/h3-8H,9-14H2,1-2H3. The smallest absolute Gasteiger partial charge is 0.253 e. The Labute approximate surface area is 158 Å². The van der Waals surface area contributed by atoms with Gasteiger partial charge in [-0.1, -0.05) is 0 Å². The molecule has 0 unspecified atom stereocenters. The van der Waals surface area contributed by atoms with Gasteiger partial charge in [0.05, 0.1) is 13.1 Å². The topological polar surface area (TPSA) is 57.0 Å². The van der Waals surface area contributed by atoms with Crippen LogP contribution in [0.2, 0.25) is 0 Å². The van der Waals surface area contributed by atoms with E-state index in [1.807, 2.05) is 24.0 Å². The lowest BCUT2D eigenvalue weighted by atomic mass is 10.2. The third kappa shape index (κ3) is 4.95. The number of benzene rings is 1. The number of halogens is 1. The summed E-state index contributed by atoms with van der Waals surface area (Å²) in [5, 5.41) is 0. The minimum Gasteiger partial charge on any atom is -0.464 e. The van der Waals surface area contributed by atoms with E-state index in [0.29, 0.717) is 44.8 Å². The van der Waals surface area contributed by atoms with Crippen LogP contribution in [0, 0.1) is 12.7 Å². The number of aryl methyl sites for hydroxylation is 1.